The average molecular weight is 219 g/mol. The fourth-order valence-electron chi connectivity index (χ4n) is 1.52. The second-order valence-electron chi connectivity index (χ2n) is 3.61. The number of nitrogens with one attached hydrogen (secondary N) is 2. The minimum Gasteiger partial charge on any atom is -0.341 e. The molecule has 5 heteroatoms. The summed E-state index contributed by atoms with van der Waals surface area (Å²) in [6, 6.07) is 0. The molecule has 0 aliphatic rings. The van der Waals surface area contributed by atoms with Gasteiger partial charge in [0.2, 0.25) is 0 Å². The molecule has 0 bridgehead atoms. The maximum Gasteiger partial charge on any atom is 0.120 e. The van der Waals surface area contributed by atoms with E-state index in [1.54, 1.807) is 0 Å². The summed E-state index contributed by atoms with van der Waals surface area (Å²) in [5.41, 5.74) is 2.10. The summed E-state index contributed by atoms with van der Waals surface area (Å²) in [7, 11) is 0. The Balaban J connectivity index is 2.11. The van der Waals surface area contributed by atoms with Crippen LogP contribution in [0.5, 0.6) is 0 Å². The first-order valence-corrected chi connectivity index (χ1v) is 5.61. The number of hydrogen-bond acceptors (Lipinski definition) is 3. The van der Waals surface area contributed by atoms with Gasteiger partial charge in [0, 0.05) is 18.3 Å². The molecule has 0 atom stereocenters. The molecule has 2 heterocycles. The summed E-state index contributed by atoms with van der Waals surface area (Å²) < 4.78 is 1.90. The third kappa shape index (κ3) is 2.30. The Kier molecular flexibility index (Phi) is 3.36. The number of aromatic nitrogens is 4. The minimum atomic E-state index is 0.776. The van der Waals surface area contributed by atoms with Crippen molar-refractivity contribution in [3.05, 3.63) is 24.4 Å². The van der Waals surface area contributed by atoms with E-state index in [1.807, 2.05) is 23.3 Å². The minimum absolute atomic E-state index is 0.776. The zero-order valence-electron chi connectivity index (χ0n) is 9.70. The second kappa shape index (κ2) is 4.94. The van der Waals surface area contributed by atoms with Crippen molar-refractivity contribution in [1.29, 1.82) is 0 Å². The Morgan fingerprint density at radius 2 is 2.25 bits per heavy atom. The third-order valence-electron chi connectivity index (χ3n) is 2.44. The first-order valence-electron chi connectivity index (χ1n) is 5.61. The molecule has 0 fully saturated rings. The highest BCUT2D eigenvalue weighted by Gasteiger charge is 2.04. The van der Waals surface area contributed by atoms with Crippen LogP contribution in [0.1, 0.15) is 19.7 Å². The monoisotopic (exact) mass is 219 g/mol. The van der Waals surface area contributed by atoms with E-state index in [9.17, 15) is 0 Å². The van der Waals surface area contributed by atoms with Crippen molar-refractivity contribution in [3.8, 4) is 11.3 Å². The van der Waals surface area contributed by atoms with Gasteiger partial charge in [0.1, 0.15) is 5.82 Å². The van der Waals surface area contributed by atoms with Crippen molar-refractivity contribution in [1.82, 2.24) is 25.1 Å². The number of rotatable bonds is 5. The zero-order chi connectivity index (χ0) is 11.4. The number of H-pyrrole nitrogens is 1. The molecule has 2 aromatic rings. The van der Waals surface area contributed by atoms with Crippen molar-refractivity contribution in [2.75, 3.05) is 6.54 Å². The number of aromatic amines is 1. The molecule has 0 saturated carbocycles. The van der Waals surface area contributed by atoms with Gasteiger partial charge in [-0.2, -0.15) is 5.10 Å². The molecule has 2 aromatic heterocycles. The summed E-state index contributed by atoms with van der Waals surface area (Å²) in [6.07, 6.45) is 5.72. The normalized spacial score (nSPS) is 10.9. The highest BCUT2D eigenvalue weighted by atomic mass is 15.3. The molecule has 2 rings (SSSR count). The molecule has 0 unspecified atom stereocenters. The summed E-state index contributed by atoms with van der Waals surface area (Å²) in [5.74, 6) is 0.959. The van der Waals surface area contributed by atoms with Gasteiger partial charge in [-0.25, -0.2) is 4.98 Å². The Labute approximate surface area is 94.9 Å². The number of imidazole rings is 1. The molecule has 5 nitrogen and oxygen atoms in total. The topological polar surface area (TPSA) is 58.5 Å². The van der Waals surface area contributed by atoms with E-state index >= 15 is 0 Å². The number of nitrogens with zero attached hydrogens (tertiary/aromatic N) is 3. The number of aryl methyl sites for hydroxylation is 1. The van der Waals surface area contributed by atoms with Crippen LogP contribution in [0.4, 0.5) is 0 Å². The van der Waals surface area contributed by atoms with Crippen LogP contribution in [0.25, 0.3) is 11.3 Å². The standard InChI is InChI=1S/C11H17N5/c1-3-12-7-11-13-6-10(15-11)9-5-14-16(4-2)8-9/h5-6,8,12H,3-4,7H2,1-2H3,(H,13,15). The first-order chi connectivity index (χ1) is 7.83. The Morgan fingerprint density at radius 1 is 1.38 bits per heavy atom. The predicted molar refractivity (Wildman–Crippen MR) is 62.9 cm³/mol. The van der Waals surface area contributed by atoms with Gasteiger partial charge in [-0.05, 0) is 13.5 Å². The van der Waals surface area contributed by atoms with Crippen LogP contribution >= 0.6 is 0 Å². The van der Waals surface area contributed by atoms with Gasteiger partial charge in [0.25, 0.3) is 0 Å². The average Bonchev–Trinajstić information content (AvgIpc) is 2.94. The highest BCUT2D eigenvalue weighted by Crippen LogP contribution is 2.15. The molecule has 16 heavy (non-hydrogen) atoms. The van der Waals surface area contributed by atoms with Gasteiger partial charge in [-0.3, -0.25) is 4.68 Å². The number of hydrogen-bond donors (Lipinski definition) is 2. The zero-order valence-corrected chi connectivity index (χ0v) is 9.70. The van der Waals surface area contributed by atoms with Gasteiger partial charge >= 0.3 is 0 Å². The fourth-order valence-corrected chi connectivity index (χ4v) is 1.52. The molecule has 2 N–H and O–H groups in total. The molecule has 0 aliphatic carbocycles. The predicted octanol–water partition coefficient (Wildman–Crippen LogP) is 1.40. The van der Waals surface area contributed by atoms with Gasteiger partial charge in [0.05, 0.1) is 24.6 Å². The second-order valence-corrected chi connectivity index (χ2v) is 3.61. The highest BCUT2D eigenvalue weighted by molar-refractivity contribution is 5.55. The molecule has 0 spiro atoms. The summed E-state index contributed by atoms with van der Waals surface area (Å²) in [5, 5.41) is 7.47. The van der Waals surface area contributed by atoms with Gasteiger partial charge in [-0.1, -0.05) is 6.92 Å². The third-order valence-corrected chi connectivity index (χ3v) is 2.44. The van der Waals surface area contributed by atoms with Gasteiger partial charge in [-0.15, -0.1) is 0 Å². The quantitative estimate of drug-likeness (QED) is 0.799. The van der Waals surface area contributed by atoms with Crippen molar-refractivity contribution in [2.24, 2.45) is 0 Å². The van der Waals surface area contributed by atoms with Crippen LogP contribution < -0.4 is 5.32 Å². The first kappa shape index (κ1) is 10.9. The van der Waals surface area contributed by atoms with Crippen LogP contribution in [-0.2, 0) is 13.1 Å². The molecule has 0 saturated heterocycles. The molecule has 0 amide bonds. The van der Waals surface area contributed by atoms with Crippen LogP contribution in [-0.4, -0.2) is 26.3 Å². The van der Waals surface area contributed by atoms with Crippen molar-refractivity contribution >= 4 is 0 Å². The molecule has 0 radical (unpaired) electrons. The summed E-state index contributed by atoms with van der Waals surface area (Å²) >= 11 is 0. The Morgan fingerprint density at radius 3 is 2.94 bits per heavy atom. The van der Waals surface area contributed by atoms with E-state index in [2.05, 4.69) is 34.2 Å². The van der Waals surface area contributed by atoms with Gasteiger partial charge in [0.15, 0.2) is 0 Å². The van der Waals surface area contributed by atoms with Crippen LogP contribution in [0.15, 0.2) is 18.6 Å². The van der Waals surface area contributed by atoms with Crippen molar-refractivity contribution in [2.45, 2.75) is 26.9 Å². The van der Waals surface area contributed by atoms with E-state index in [1.165, 1.54) is 0 Å². The molecular weight excluding hydrogens is 202 g/mol. The van der Waals surface area contributed by atoms with Crippen molar-refractivity contribution in [3.63, 3.8) is 0 Å². The lowest BCUT2D eigenvalue weighted by molar-refractivity contribution is 0.660. The molecule has 0 aliphatic heterocycles. The Bertz CT molecular complexity index is 443. The molecule has 86 valence electrons. The van der Waals surface area contributed by atoms with E-state index in [0.717, 1.165) is 36.7 Å². The SMILES string of the molecule is CCNCc1ncc(-c2cnn(CC)c2)[nH]1. The lowest BCUT2D eigenvalue weighted by atomic mass is 10.3. The lowest BCUT2D eigenvalue weighted by Gasteiger charge is -1.96. The smallest absolute Gasteiger partial charge is 0.120 e. The van der Waals surface area contributed by atoms with Crippen LogP contribution in [0, 0.1) is 0 Å². The van der Waals surface area contributed by atoms with Crippen LogP contribution in [0.3, 0.4) is 0 Å². The van der Waals surface area contributed by atoms with E-state index in [0.29, 0.717) is 0 Å². The largest absolute Gasteiger partial charge is 0.341 e. The Hall–Kier alpha value is -1.62. The fraction of sp³-hybridized carbons (Fsp3) is 0.455. The lowest BCUT2D eigenvalue weighted by Crippen LogP contribution is -2.12. The van der Waals surface area contributed by atoms with E-state index in [-0.39, 0.29) is 0 Å². The maximum atomic E-state index is 4.31. The molecular formula is C11H17N5. The summed E-state index contributed by atoms with van der Waals surface area (Å²) in [4.78, 5) is 7.58. The maximum absolute atomic E-state index is 4.31. The van der Waals surface area contributed by atoms with Gasteiger partial charge < -0.3 is 10.3 Å². The van der Waals surface area contributed by atoms with Crippen molar-refractivity contribution < 1.29 is 0 Å². The van der Waals surface area contributed by atoms with Crippen LogP contribution in [0.2, 0.25) is 0 Å². The molecule has 0 aromatic carbocycles. The van der Waals surface area contributed by atoms with E-state index in [4.69, 9.17) is 0 Å². The van der Waals surface area contributed by atoms with E-state index < -0.39 is 0 Å². The summed E-state index contributed by atoms with van der Waals surface area (Å²) in [6.45, 7) is 6.76.